The molecule has 0 spiro atoms. The van der Waals surface area contributed by atoms with Gasteiger partial charge in [0.25, 0.3) is 0 Å². The van der Waals surface area contributed by atoms with Gasteiger partial charge in [-0.2, -0.15) is 0 Å². The third-order valence-corrected chi connectivity index (χ3v) is 2.80. The Balaban J connectivity index is 0.00000256. The van der Waals surface area contributed by atoms with E-state index >= 15 is 0 Å². The first-order chi connectivity index (χ1) is 7.66. The highest BCUT2D eigenvalue weighted by Gasteiger charge is 2.29. The van der Waals surface area contributed by atoms with Crippen molar-refractivity contribution in [1.82, 2.24) is 5.32 Å². The van der Waals surface area contributed by atoms with Crippen LogP contribution in [-0.2, 0) is 4.74 Å². The molecule has 0 aromatic rings. The number of guanidine groups is 1. The minimum absolute atomic E-state index is 0. The average Bonchev–Trinajstić information content (AvgIpc) is 2.28. The van der Waals surface area contributed by atoms with E-state index in [4.69, 9.17) is 10.5 Å². The summed E-state index contributed by atoms with van der Waals surface area (Å²) in [4.78, 5) is 4.17. The molecule has 0 saturated carbocycles. The molecule has 0 bridgehead atoms. The van der Waals surface area contributed by atoms with E-state index in [0.717, 1.165) is 19.4 Å². The standard InChI is InChI=1S/C11H23N3O2.HI/c1-2-3-6-13-10(12)14-9-11(15)4-7-16-8-5-11;/h15H,2-9H2,1H3,(H3,12,13,14);1H. The lowest BCUT2D eigenvalue weighted by atomic mass is 9.95. The molecule has 0 amide bonds. The lowest BCUT2D eigenvalue weighted by Crippen LogP contribution is -2.41. The van der Waals surface area contributed by atoms with E-state index in [1.807, 2.05) is 0 Å². The first-order valence-corrected chi connectivity index (χ1v) is 6.00. The Hall–Kier alpha value is -0.0800. The monoisotopic (exact) mass is 357 g/mol. The molecule has 0 atom stereocenters. The Labute approximate surface area is 120 Å². The second-order valence-electron chi connectivity index (χ2n) is 4.32. The predicted octanol–water partition coefficient (Wildman–Crippen LogP) is 0.850. The maximum atomic E-state index is 10.1. The van der Waals surface area contributed by atoms with Gasteiger partial charge in [-0.3, -0.25) is 4.99 Å². The summed E-state index contributed by atoms with van der Waals surface area (Å²) < 4.78 is 5.20. The van der Waals surface area contributed by atoms with Crippen LogP contribution in [0.1, 0.15) is 32.6 Å². The molecule has 0 aliphatic carbocycles. The quantitative estimate of drug-likeness (QED) is 0.295. The lowest BCUT2D eigenvalue weighted by molar-refractivity contribution is -0.0565. The maximum Gasteiger partial charge on any atom is 0.188 e. The second-order valence-corrected chi connectivity index (χ2v) is 4.32. The lowest BCUT2D eigenvalue weighted by Gasteiger charge is -2.30. The molecule has 5 nitrogen and oxygen atoms in total. The van der Waals surface area contributed by atoms with E-state index in [2.05, 4.69) is 17.2 Å². The molecular formula is C11H24IN3O2. The van der Waals surface area contributed by atoms with Crippen molar-refractivity contribution >= 4 is 29.9 Å². The molecule has 17 heavy (non-hydrogen) atoms. The fourth-order valence-corrected chi connectivity index (χ4v) is 1.59. The van der Waals surface area contributed by atoms with Crippen LogP contribution in [0.2, 0.25) is 0 Å². The normalized spacial score (nSPS) is 19.5. The van der Waals surface area contributed by atoms with E-state index in [-0.39, 0.29) is 24.0 Å². The van der Waals surface area contributed by atoms with E-state index in [1.165, 1.54) is 0 Å². The zero-order valence-electron chi connectivity index (χ0n) is 10.4. The smallest absolute Gasteiger partial charge is 0.188 e. The second kappa shape index (κ2) is 8.93. The molecule has 102 valence electrons. The maximum absolute atomic E-state index is 10.1. The minimum Gasteiger partial charge on any atom is -0.388 e. The first-order valence-electron chi connectivity index (χ1n) is 6.00. The summed E-state index contributed by atoms with van der Waals surface area (Å²) in [5.74, 6) is 0.424. The summed E-state index contributed by atoms with van der Waals surface area (Å²) in [6.07, 6.45) is 3.48. The summed E-state index contributed by atoms with van der Waals surface area (Å²) in [5.41, 5.74) is 4.96. The van der Waals surface area contributed by atoms with Gasteiger partial charge in [0.2, 0.25) is 0 Å². The number of nitrogens with one attached hydrogen (secondary N) is 1. The van der Waals surface area contributed by atoms with Crippen LogP contribution in [0.25, 0.3) is 0 Å². The number of nitrogens with two attached hydrogens (primary N) is 1. The molecule has 1 aliphatic rings. The molecule has 1 heterocycles. The Kier molecular flexibility index (Phi) is 8.89. The summed E-state index contributed by atoms with van der Waals surface area (Å²) >= 11 is 0. The van der Waals surface area contributed by atoms with Crippen LogP contribution in [0.5, 0.6) is 0 Å². The number of hydrogen-bond donors (Lipinski definition) is 3. The molecule has 1 saturated heterocycles. The van der Waals surface area contributed by atoms with Gasteiger partial charge >= 0.3 is 0 Å². The summed E-state index contributed by atoms with van der Waals surface area (Å²) in [6.45, 7) is 4.54. The number of nitrogens with zero attached hydrogens (tertiary/aromatic N) is 1. The topological polar surface area (TPSA) is 79.9 Å². The summed E-state index contributed by atoms with van der Waals surface area (Å²) in [5, 5.41) is 13.1. The van der Waals surface area contributed by atoms with Crippen LogP contribution >= 0.6 is 24.0 Å². The number of aliphatic hydroxyl groups is 1. The molecule has 6 heteroatoms. The molecule has 1 rings (SSSR count). The molecule has 0 unspecified atom stereocenters. The third-order valence-electron chi connectivity index (χ3n) is 2.80. The van der Waals surface area contributed by atoms with Crippen LogP contribution in [0, 0.1) is 0 Å². The van der Waals surface area contributed by atoms with Crippen LogP contribution in [-0.4, -0.2) is 43.0 Å². The van der Waals surface area contributed by atoms with Crippen molar-refractivity contribution in [3.8, 4) is 0 Å². The van der Waals surface area contributed by atoms with E-state index in [0.29, 0.717) is 38.6 Å². The van der Waals surface area contributed by atoms with Crippen molar-refractivity contribution < 1.29 is 9.84 Å². The number of halogens is 1. The molecule has 4 N–H and O–H groups in total. The average molecular weight is 357 g/mol. The van der Waals surface area contributed by atoms with Gasteiger partial charge in [0, 0.05) is 32.6 Å². The van der Waals surface area contributed by atoms with Crippen molar-refractivity contribution in [1.29, 1.82) is 0 Å². The molecule has 0 radical (unpaired) electrons. The van der Waals surface area contributed by atoms with E-state index in [9.17, 15) is 5.11 Å². The third kappa shape index (κ3) is 7.05. The Morgan fingerprint density at radius 3 is 2.71 bits per heavy atom. The van der Waals surface area contributed by atoms with Gasteiger partial charge < -0.3 is 20.9 Å². The van der Waals surface area contributed by atoms with Crippen LogP contribution in [0.4, 0.5) is 0 Å². The number of hydrogen-bond acceptors (Lipinski definition) is 3. The van der Waals surface area contributed by atoms with Gasteiger partial charge in [-0.05, 0) is 6.42 Å². The van der Waals surface area contributed by atoms with Crippen LogP contribution in [0.15, 0.2) is 4.99 Å². The van der Waals surface area contributed by atoms with Gasteiger partial charge in [-0.25, -0.2) is 0 Å². The van der Waals surface area contributed by atoms with Crippen LogP contribution < -0.4 is 11.1 Å². The van der Waals surface area contributed by atoms with E-state index < -0.39 is 5.60 Å². The zero-order valence-corrected chi connectivity index (χ0v) is 12.8. The van der Waals surface area contributed by atoms with Crippen molar-refractivity contribution in [2.75, 3.05) is 26.3 Å². The summed E-state index contributed by atoms with van der Waals surface area (Å²) in [6, 6.07) is 0. The Morgan fingerprint density at radius 1 is 1.47 bits per heavy atom. The summed E-state index contributed by atoms with van der Waals surface area (Å²) in [7, 11) is 0. The number of ether oxygens (including phenoxy) is 1. The molecule has 0 aromatic heterocycles. The van der Waals surface area contributed by atoms with Crippen molar-refractivity contribution in [2.24, 2.45) is 10.7 Å². The fraction of sp³-hybridized carbons (Fsp3) is 0.909. The highest BCUT2D eigenvalue weighted by atomic mass is 127. The molecule has 0 aromatic carbocycles. The van der Waals surface area contributed by atoms with Crippen molar-refractivity contribution in [3.63, 3.8) is 0 Å². The number of rotatable bonds is 5. The van der Waals surface area contributed by atoms with Gasteiger partial charge in [-0.15, -0.1) is 24.0 Å². The van der Waals surface area contributed by atoms with Gasteiger partial charge in [0.05, 0.1) is 12.1 Å². The number of aliphatic imine (C=N–C) groups is 1. The fourth-order valence-electron chi connectivity index (χ4n) is 1.59. The minimum atomic E-state index is -0.727. The highest BCUT2D eigenvalue weighted by Crippen LogP contribution is 2.20. The highest BCUT2D eigenvalue weighted by molar-refractivity contribution is 14.0. The van der Waals surface area contributed by atoms with Gasteiger partial charge in [-0.1, -0.05) is 13.3 Å². The first kappa shape index (κ1) is 16.9. The van der Waals surface area contributed by atoms with Gasteiger partial charge in [0.15, 0.2) is 5.96 Å². The molecule has 1 fully saturated rings. The zero-order chi connectivity index (χ0) is 11.9. The van der Waals surface area contributed by atoms with Gasteiger partial charge in [0.1, 0.15) is 0 Å². The van der Waals surface area contributed by atoms with Crippen LogP contribution in [0.3, 0.4) is 0 Å². The van der Waals surface area contributed by atoms with Crippen molar-refractivity contribution in [2.45, 2.75) is 38.2 Å². The SMILES string of the molecule is CCCCNC(N)=NCC1(O)CCOCC1.I. The Bertz CT molecular complexity index is 231. The number of unbranched alkanes of at least 4 members (excludes halogenated alkanes) is 1. The van der Waals surface area contributed by atoms with Crippen molar-refractivity contribution in [3.05, 3.63) is 0 Å². The molecular weight excluding hydrogens is 333 g/mol. The largest absolute Gasteiger partial charge is 0.388 e. The molecule has 1 aliphatic heterocycles. The Morgan fingerprint density at radius 2 is 2.12 bits per heavy atom. The van der Waals surface area contributed by atoms with E-state index in [1.54, 1.807) is 0 Å². The predicted molar refractivity (Wildman–Crippen MR) is 79.8 cm³/mol.